The van der Waals surface area contributed by atoms with Crippen LogP contribution in [0.15, 0.2) is 48.8 Å². The lowest BCUT2D eigenvalue weighted by molar-refractivity contribution is -0.274. The number of halogens is 3. The first-order valence-corrected chi connectivity index (χ1v) is 6.50. The van der Waals surface area contributed by atoms with Crippen molar-refractivity contribution in [3.8, 4) is 16.9 Å². The molecule has 0 atom stereocenters. The molecule has 116 valence electrons. The summed E-state index contributed by atoms with van der Waals surface area (Å²) in [5.41, 5.74) is 2.92. The normalized spacial score (nSPS) is 11.1. The third-order valence-electron chi connectivity index (χ3n) is 2.81. The Kier molecular flexibility index (Phi) is 4.40. The molecule has 0 unspecified atom stereocenters. The van der Waals surface area contributed by atoms with Crippen LogP contribution in [0.5, 0.6) is 5.75 Å². The highest BCUT2D eigenvalue weighted by Crippen LogP contribution is 2.29. The largest absolute Gasteiger partial charge is 0.573 e. The minimum Gasteiger partial charge on any atom is -0.406 e. The Hall–Kier alpha value is -2.50. The van der Waals surface area contributed by atoms with E-state index in [2.05, 4.69) is 21.6 Å². The molecule has 6 heteroatoms. The molecule has 0 aliphatic rings. The number of anilines is 1. The van der Waals surface area contributed by atoms with E-state index >= 15 is 0 Å². The highest BCUT2D eigenvalue weighted by Gasteiger charge is 2.31. The predicted molar refractivity (Wildman–Crippen MR) is 79.5 cm³/mol. The van der Waals surface area contributed by atoms with Crippen LogP contribution in [0.2, 0.25) is 0 Å². The molecule has 0 fully saturated rings. The van der Waals surface area contributed by atoms with E-state index in [9.17, 15) is 13.2 Å². The Balaban J connectivity index is 2.30. The maximum absolute atomic E-state index is 12.3. The molecule has 3 nitrogen and oxygen atoms in total. The van der Waals surface area contributed by atoms with Gasteiger partial charge >= 0.3 is 6.36 Å². The molecular weight excluding hydrogens is 293 g/mol. The fourth-order valence-electron chi connectivity index (χ4n) is 1.94. The molecule has 0 spiro atoms. The Morgan fingerprint density at radius 2 is 1.95 bits per heavy atom. The minimum atomic E-state index is -4.71. The number of hydrogen-bond acceptors (Lipinski definition) is 3. The number of alkyl halides is 3. The zero-order chi connectivity index (χ0) is 16.3. The first-order chi connectivity index (χ1) is 10.2. The molecule has 0 aliphatic carbocycles. The van der Waals surface area contributed by atoms with Crippen LogP contribution < -0.4 is 10.1 Å². The number of nitrogens with zero attached hydrogens (tertiary/aromatic N) is 1. The molecule has 1 N–H and O–H groups in total. The number of ether oxygens (including phenoxy) is 1. The fraction of sp³-hybridized carbons (Fsp3) is 0.188. The fourth-order valence-corrected chi connectivity index (χ4v) is 1.94. The second kappa shape index (κ2) is 6.09. The van der Waals surface area contributed by atoms with Crippen molar-refractivity contribution in [2.24, 2.45) is 0 Å². The summed E-state index contributed by atoms with van der Waals surface area (Å²) >= 11 is 0. The molecule has 0 bridgehead atoms. The van der Waals surface area contributed by atoms with Gasteiger partial charge in [0.15, 0.2) is 0 Å². The van der Waals surface area contributed by atoms with Gasteiger partial charge in [0.05, 0.1) is 0 Å². The third-order valence-corrected chi connectivity index (χ3v) is 2.81. The van der Waals surface area contributed by atoms with Crippen molar-refractivity contribution in [2.75, 3.05) is 5.32 Å². The molecule has 1 aromatic carbocycles. The average molecular weight is 308 g/mol. The van der Waals surface area contributed by atoms with E-state index in [4.69, 9.17) is 0 Å². The van der Waals surface area contributed by atoms with Crippen molar-refractivity contribution >= 4 is 5.82 Å². The predicted octanol–water partition coefficient (Wildman–Crippen LogP) is 4.90. The molecule has 0 radical (unpaired) electrons. The summed E-state index contributed by atoms with van der Waals surface area (Å²) < 4.78 is 40.7. The monoisotopic (exact) mass is 308 g/mol. The number of aromatic nitrogens is 1. The summed E-state index contributed by atoms with van der Waals surface area (Å²) in [6.07, 6.45) is -3.12. The first kappa shape index (κ1) is 15.9. The van der Waals surface area contributed by atoms with Crippen LogP contribution in [0.1, 0.15) is 12.5 Å². The number of nitrogens with one attached hydrogen (secondary N) is 1. The van der Waals surface area contributed by atoms with Crippen molar-refractivity contribution in [3.63, 3.8) is 0 Å². The van der Waals surface area contributed by atoms with Gasteiger partial charge in [-0.25, -0.2) is 4.98 Å². The molecule has 1 heterocycles. The number of pyridine rings is 1. The number of rotatable bonds is 4. The van der Waals surface area contributed by atoms with Gasteiger partial charge in [0.1, 0.15) is 11.6 Å². The van der Waals surface area contributed by atoms with Crippen molar-refractivity contribution in [2.45, 2.75) is 20.2 Å². The molecule has 0 saturated heterocycles. The van der Waals surface area contributed by atoms with Crippen molar-refractivity contribution in [1.29, 1.82) is 0 Å². The van der Waals surface area contributed by atoms with E-state index in [1.807, 2.05) is 19.9 Å². The van der Waals surface area contributed by atoms with E-state index in [-0.39, 0.29) is 5.75 Å². The quantitative estimate of drug-likeness (QED) is 0.872. The molecule has 2 aromatic rings. The zero-order valence-corrected chi connectivity index (χ0v) is 12.2. The van der Waals surface area contributed by atoms with Crippen LogP contribution in [0.25, 0.3) is 11.1 Å². The van der Waals surface area contributed by atoms with Crippen molar-refractivity contribution in [1.82, 2.24) is 4.98 Å². The first-order valence-electron chi connectivity index (χ1n) is 6.50. The van der Waals surface area contributed by atoms with Gasteiger partial charge in [-0.3, -0.25) is 0 Å². The molecule has 22 heavy (non-hydrogen) atoms. The van der Waals surface area contributed by atoms with E-state index in [0.717, 1.165) is 11.3 Å². The second-order valence-corrected chi connectivity index (χ2v) is 4.87. The molecule has 2 rings (SSSR count). The highest BCUT2D eigenvalue weighted by molar-refractivity contribution is 5.67. The third kappa shape index (κ3) is 4.25. The van der Waals surface area contributed by atoms with Gasteiger partial charge in [-0.1, -0.05) is 18.7 Å². The van der Waals surface area contributed by atoms with Gasteiger partial charge in [0, 0.05) is 17.5 Å². The zero-order valence-electron chi connectivity index (χ0n) is 12.2. The summed E-state index contributed by atoms with van der Waals surface area (Å²) in [7, 11) is 0. The highest BCUT2D eigenvalue weighted by atomic mass is 19.4. The SMILES string of the molecule is C=C(C)Nc1ncc(-c2cccc(OC(F)(F)F)c2)cc1C. The van der Waals surface area contributed by atoms with Gasteiger partial charge in [-0.05, 0) is 43.2 Å². The van der Waals surface area contributed by atoms with Gasteiger partial charge in [0.2, 0.25) is 0 Å². The lowest BCUT2D eigenvalue weighted by atomic mass is 10.1. The Bertz CT molecular complexity index is 696. The molecule has 0 amide bonds. The van der Waals surface area contributed by atoms with Crippen molar-refractivity contribution in [3.05, 3.63) is 54.4 Å². The number of allylic oxidation sites excluding steroid dienone is 1. The van der Waals surface area contributed by atoms with E-state index in [0.29, 0.717) is 16.9 Å². The van der Waals surface area contributed by atoms with E-state index in [1.54, 1.807) is 12.3 Å². The van der Waals surface area contributed by atoms with E-state index < -0.39 is 6.36 Å². The van der Waals surface area contributed by atoms with Crippen LogP contribution >= 0.6 is 0 Å². The molecular formula is C16H15F3N2O. The Morgan fingerprint density at radius 1 is 1.23 bits per heavy atom. The summed E-state index contributed by atoms with van der Waals surface area (Å²) in [6, 6.07) is 7.63. The minimum absolute atomic E-state index is 0.258. The van der Waals surface area contributed by atoms with Crippen molar-refractivity contribution < 1.29 is 17.9 Å². The molecule has 0 aliphatic heterocycles. The maximum Gasteiger partial charge on any atom is 0.573 e. The Morgan fingerprint density at radius 3 is 2.55 bits per heavy atom. The van der Waals surface area contributed by atoms with Crippen LogP contribution in [0.3, 0.4) is 0 Å². The summed E-state index contributed by atoms with van der Waals surface area (Å²) in [6.45, 7) is 7.42. The smallest absolute Gasteiger partial charge is 0.406 e. The second-order valence-electron chi connectivity index (χ2n) is 4.87. The summed E-state index contributed by atoms with van der Waals surface area (Å²) in [5.74, 6) is 0.408. The van der Waals surface area contributed by atoms with Gasteiger partial charge in [0.25, 0.3) is 0 Å². The number of aryl methyl sites for hydroxylation is 1. The summed E-state index contributed by atoms with van der Waals surface area (Å²) in [5, 5.41) is 3.02. The molecule has 1 aromatic heterocycles. The maximum atomic E-state index is 12.3. The number of benzene rings is 1. The van der Waals surface area contributed by atoms with Crippen LogP contribution in [-0.4, -0.2) is 11.3 Å². The summed E-state index contributed by atoms with van der Waals surface area (Å²) in [4.78, 5) is 4.26. The van der Waals surface area contributed by atoms with Crippen LogP contribution in [0.4, 0.5) is 19.0 Å². The van der Waals surface area contributed by atoms with Crippen LogP contribution in [0, 0.1) is 6.92 Å². The average Bonchev–Trinajstić information content (AvgIpc) is 2.39. The topological polar surface area (TPSA) is 34.2 Å². The van der Waals surface area contributed by atoms with Gasteiger partial charge < -0.3 is 10.1 Å². The lowest BCUT2D eigenvalue weighted by Crippen LogP contribution is -2.17. The number of hydrogen-bond donors (Lipinski definition) is 1. The molecule has 0 saturated carbocycles. The van der Waals surface area contributed by atoms with Crippen LogP contribution in [-0.2, 0) is 0 Å². The Labute approximate surface area is 126 Å². The van der Waals surface area contributed by atoms with Gasteiger partial charge in [-0.2, -0.15) is 0 Å². The van der Waals surface area contributed by atoms with E-state index in [1.165, 1.54) is 18.2 Å². The van der Waals surface area contributed by atoms with Gasteiger partial charge in [-0.15, -0.1) is 13.2 Å². The lowest BCUT2D eigenvalue weighted by Gasteiger charge is -2.12. The standard InChI is InChI=1S/C16H15F3N2O/c1-10(2)21-15-11(3)7-13(9-20-15)12-5-4-6-14(8-12)22-16(17,18)19/h4-9H,1H2,2-3H3,(H,20,21).